The van der Waals surface area contributed by atoms with E-state index in [1.54, 1.807) is 18.6 Å². The van der Waals surface area contributed by atoms with E-state index in [0.717, 1.165) is 56.0 Å². The molecule has 0 saturated carbocycles. The van der Waals surface area contributed by atoms with Crippen LogP contribution in [0.3, 0.4) is 0 Å². The van der Waals surface area contributed by atoms with Crippen LogP contribution in [0.15, 0.2) is 79.4 Å². The second kappa shape index (κ2) is 6.59. The van der Waals surface area contributed by atoms with Crippen LogP contribution in [0.1, 0.15) is 0 Å². The minimum absolute atomic E-state index is 0.748. The lowest BCUT2D eigenvalue weighted by atomic mass is 10.1. The number of fused-ring (bicyclic) bond motifs is 2. The molecule has 0 aliphatic carbocycles. The van der Waals surface area contributed by atoms with Gasteiger partial charge in [0, 0.05) is 35.7 Å². The van der Waals surface area contributed by atoms with Crippen molar-refractivity contribution >= 4 is 22.1 Å². The Kier molecular flexibility index (Phi) is 3.64. The molecule has 2 N–H and O–H groups in total. The number of rotatable bonds is 3. The van der Waals surface area contributed by atoms with Gasteiger partial charge in [0.1, 0.15) is 16.9 Å². The summed E-state index contributed by atoms with van der Waals surface area (Å²) in [7, 11) is 0. The lowest BCUT2D eigenvalue weighted by Gasteiger charge is -2.01. The molecule has 142 valence electrons. The molecular weight excluding hydrogens is 374 g/mol. The highest BCUT2D eigenvalue weighted by Gasteiger charge is 2.16. The number of aromatic nitrogens is 7. The third-order valence-corrected chi connectivity index (χ3v) is 5.09. The normalized spacial score (nSPS) is 11.3. The smallest absolute Gasteiger partial charge is 0.138 e. The largest absolute Gasteiger partial charge is 0.338 e. The van der Waals surface area contributed by atoms with Crippen LogP contribution in [0.2, 0.25) is 0 Å². The summed E-state index contributed by atoms with van der Waals surface area (Å²) in [5.41, 5.74) is 7.78. The van der Waals surface area contributed by atoms with Crippen molar-refractivity contribution in [3.8, 4) is 33.9 Å². The van der Waals surface area contributed by atoms with Gasteiger partial charge in [0.05, 0.1) is 22.6 Å². The molecule has 0 bridgehead atoms. The summed E-state index contributed by atoms with van der Waals surface area (Å²) in [5, 5.41) is 8.60. The average molecular weight is 389 g/mol. The summed E-state index contributed by atoms with van der Waals surface area (Å²) in [6, 6.07) is 17.7. The van der Waals surface area contributed by atoms with Gasteiger partial charge in [0.2, 0.25) is 0 Å². The highest BCUT2D eigenvalue weighted by atomic mass is 15.1. The van der Waals surface area contributed by atoms with Gasteiger partial charge in [0.25, 0.3) is 0 Å². The van der Waals surface area contributed by atoms with Crippen LogP contribution >= 0.6 is 0 Å². The zero-order valence-electron chi connectivity index (χ0n) is 15.7. The van der Waals surface area contributed by atoms with Gasteiger partial charge in [0.15, 0.2) is 0 Å². The first-order chi connectivity index (χ1) is 14.9. The molecular formula is C23H15N7. The van der Waals surface area contributed by atoms with Gasteiger partial charge in [-0.2, -0.15) is 5.10 Å². The van der Waals surface area contributed by atoms with E-state index in [2.05, 4.69) is 36.2 Å². The molecule has 6 aromatic rings. The highest BCUT2D eigenvalue weighted by molar-refractivity contribution is 5.98. The Balaban J connectivity index is 1.52. The van der Waals surface area contributed by atoms with Crippen LogP contribution in [0.25, 0.3) is 56.0 Å². The van der Waals surface area contributed by atoms with Gasteiger partial charge in [-0.15, -0.1) is 0 Å². The monoisotopic (exact) mass is 389 g/mol. The summed E-state index contributed by atoms with van der Waals surface area (Å²) in [5.74, 6) is 0. The topological polar surface area (TPSA) is 96.0 Å². The minimum atomic E-state index is 0.748. The molecule has 0 atom stereocenters. The predicted molar refractivity (Wildman–Crippen MR) is 115 cm³/mol. The second-order valence-electron chi connectivity index (χ2n) is 6.93. The summed E-state index contributed by atoms with van der Waals surface area (Å²) in [4.78, 5) is 21.4. The molecule has 0 aromatic carbocycles. The molecule has 6 aromatic heterocycles. The Morgan fingerprint density at radius 1 is 0.800 bits per heavy atom. The van der Waals surface area contributed by atoms with E-state index in [9.17, 15) is 0 Å². The fourth-order valence-corrected chi connectivity index (χ4v) is 3.67. The lowest BCUT2D eigenvalue weighted by molar-refractivity contribution is 1.12. The van der Waals surface area contributed by atoms with E-state index < -0.39 is 0 Å². The van der Waals surface area contributed by atoms with Gasteiger partial charge in [-0.25, -0.2) is 9.97 Å². The Labute approximate surface area is 170 Å². The van der Waals surface area contributed by atoms with Crippen molar-refractivity contribution in [3.05, 3.63) is 79.4 Å². The molecule has 0 unspecified atom stereocenters. The fourth-order valence-electron chi connectivity index (χ4n) is 3.67. The number of aromatic amines is 2. The maximum absolute atomic E-state index is 4.83. The molecule has 6 rings (SSSR count). The molecule has 0 aliphatic heterocycles. The molecule has 6 heterocycles. The molecule has 0 spiro atoms. The van der Waals surface area contributed by atoms with Crippen molar-refractivity contribution in [2.45, 2.75) is 0 Å². The first kappa shape index (κ1) is 16.6. The number of hydrogen-bond donors (Lipinski definition) is 2. The van der Waals surface area contributed by atoms with E-state index in [1.165, 1.54) is 0 Å². The lowest BCUT2D eigenvalue weighted by Crippen LogP contribution is -1.88. The average Bonchev–Trinajstić information content (AvgIpc) is 3.43. The Hall–Kier alpha value is -4.39. The number of hydrogen-bond acceptors (Lipinski definition) is 5. The third-order valence-electron chi connectivity index (χ3n) is 5.09. The van der Waals surface area contributed by atoms with E-state index in [1.807, 2.05) is 54.7 Å². The number of H-pyrrole nitrogens is 2. The summed E-state index contributed by atoms with van der Waals surface area (Å²) in [6.07, 6.45) is 7.18. The highest BCUT2D eigenvalue weighted by Crippen LogP contribution is 2.32. The molecule has 7 nitrogen and oxygen atoms in total. The van der Waals surface area contributed by atoms with Gasteiger partial charge in [-0.1, -0.05) is 12.1 Å². The van der Waals surface area contributed by atoms with Crippen LogP contribution < -0.4 is 0 Å². The van der Waals surface area contributed by atoms with Crippen molar-refractivity contribution in [1.29, 1.82) is 0 Å². The Morgan fingerprint density at radius 3 is 2.67 bits per heavy atom. The van der Waals surface area contributed by atoms with E-state index in [0.29, 0.717) is 0 Å². The third kappa shape index (κ3) is 2.64. The standard InChI is InChI=1S/C23H15N7/c1-2-10-25-17(5-1)18-6-7-19-21(27-18)22(30-29-19)20-12-16-15(8-11-26-23(16)28-20)14-4-3-9-24-13-14/h1-13H,(H,26,28)(H,29,30). The zero-order chi connectivity index (χ0) is 19.9. The van der Waals surface area contributed by atoms with Crippen LogP contribution in [-0.4, -0.2) is 35.1 Å². The van der Waals surface area contributed by atoms with Crippen molar-refractivity contribution in [1.82, 2.24) is 35.1 Å². The molecule has 0 fully saturated rings. The van der Waals surface area contributed by atoms with E-state index >= 15 is 0 Å². The number of nitrogens with zero attached hydrogens (tertiary/aromatic N) is 5. The molecule has 0 saturated heterocycles. The number of pyridine rings is 4. The second-order valence-corrected chi connectivity index (χ2v) is 6.93. The van der Waals surface area contributed by atoms with Gasteiger partial charge >= 0.3 is 0 Å². The SMILES string of the molecule is c1ccc(-c2ccc3[nH]nc(-c4cc5c(-c6cccnc6)ccnc5[nH]4)c3n2)nc1. The quantitative estimate of drug-likeness (QED) is 0.460. The molecule has 0 aliphatic rings. The molecule has 7 heteroatoms. The summed E-state index contributed by atoms with van der Waals surface area (Å²) in [6.45, 7) is 0. The maximum atomic E-state index is 4.83. The first-order valence-electron chi connectivity index (χ1n) is 9.52. The van der Waals surface area contributed by atoms with Crippen LogP contribution in [0.4, 0.5) is 0 Å². The van der Waals surface area contributed by atoms with Crippen LogP contribution in [0.5, 0.6) is 0 Å². The minimum Gasteiger partial charge on any atom is -0.338 e. The van der Waals surface area contributed by atoms with Gasteiger partial charge in [-0.05, 0) is 48.0 Å². The molecule has 30 heavy (non-hydrogen) atoms. The number of nitrogens with one attached hydrogen (secondary N) is 2. The fraction of sp³-hybridized carbons (Fsp3) is 0. The van der Waals surface area contributed by atoms with Crippen LogP contribution in [0, 0.1) is 0 Å². The molecule has 0 amide bonds. The van der Waals surface area contributed by atoms with Crippen molar-refractivity contribution in [3.63, 3.8) is 0 Å². The summed E-state index contributed by atoms with van der Waals surface area (Å²) < 4.78 is 0. The van der Waals surface area contributed by atoms with E-state index in [-0.39, 0.29) is 0 Å². The van der Waals surface area contributed by atoms with Crippen molar-refractivity contribution in [2.75, 3.05) is 0 Å². The van der Waals surface area contributed by atoms with Crippen molar-refractivity contribution < 1.29 is 0 Å². The van der Waals surface area contributed by atoms with Gasteiger partial charge < -0.3 is 4.98 Å². The predicted octanol–water partition coefficient (Wildman–Crippen LogP) is 4.63. The maximum Gasteiger partial charge on any atom is 0.138 e. The molecule has 0 radical (unpaired) electrons. The Morgan fingerprint density at radius 2 is 1.80 bits per heavy atom. The summed E-state index contributed by atoms with van der Waals surface area (Å²) >= 11 is 0. The van der Waals surface area contributed by atoms with Crippen molar-refractivity contribution in [2.24, 2.45) is 0 Å². The zero-order valence-corrected chi connectivity index (χ0v) is 15.7. The first-order valence-corrected chi connectivity index (χ1v) is 9.52. The van der Waals surface area contributed by atoms with Crippen LogP contribution in [-0.2, 0) is 0 Å². The van der Waals surface area contributed by atoms with Gasteiger partial charge in [-0.3, -0.25) is 15.1 Å². The van der Waals surface area contributed by atoms with E-state index in [4.69, 9.17) is 4.98 Å². The Bertz CT molecular complexity index is 1480.